The second-order valence-electron chi connectivity index (χ2n) is 6.37. The maximum Gasteiger partial charge on any atom is 0.234 e. The molecule has 1 aromatic heterocycles. The molecule has 0 bridgehead atoms. The molecule has 1 aliphatic heterocycles. The van der Waals surface area contributed by atoms with Gasteiger partial charge in [0, 0.05) is 24.2 Å². The number of hydrogen-bond donors (Lipinski definition) is 2. The first kappa shape index (κ1) is 16.8. The minimum Gasteiger partial charge on any atom is -0.504 e. The van der Waals surface area contributed by atoms with Gasteiger partial charge in [-0.2, -0.15) is 0 Å². The van der Waals surface area contributed by atoms with Gasteiger partial charge in [0.15, 0.2) is 11.5 Å². The van der Waals surface area contributed by atoms with Crippen LogP contribution in [0.15, 0.2) is 36.4 Å². The topological polar surface area (TPSA) is 88.7 Å². The molecule has 4 rings (SSSR count). The molecule has 0 unspecified atom stereocenters. The molecule has 3 N–H and O–H groups in total. The number of benzene rings is 2. The number of ether oxygens (including phenoxy) is 1. The van der Waals surface area contributed by atoms with Crippen LogP contribution in [0.3, 0.4) is 0 Å². The van der Waals surface area contributed by atoms with Crippen molar-refractivity contribution >= 4 is 27.5 Å². The molecule has 1 aliphatic rings. The summed E-state index contributed by atoms with van der Waals surface area (Å²) in [6.07, 6.45) is 0. The molecule has 2 aromatic carbocycles. The molecule has 7 heteroatoms. The smallest absolute Gasteiger partial charge is 0.234 e. The molecule has 0 fully saturated rings. The summed E-state index contributed by atoms with van der Waals surface area (Å²) in [4.78, 5) is 18.2. The van der Waals surface area contributed by atoms with Gasteiger partial charge in [0.25, 0.3) is 0 Å². The van der Waals surface area contributed by atoms with E-state index >= 15 is 0 Å². The number of carbonyl (C=O) groups is 1. The number of rotatable bonds is 3. The molecule has 0 aliphatic carbocycles. The van der Waals surface area contributed by atoms with Crippen molar-refractivity contribution < 1.29 is 14.6 Å². The van der Waals surface area contributed by atoms with Gasteiger partial charge < -0.3 is 15.6 Å². The van der Waals surface area contributed by atoms with Crippen molar-refractivity contribution in [2.45, 2.75) is 19.5 Å². The summed E-state index contributed by atoms with van der Waals surface area (Å²) in [6, 6.07) is 11.2. The van der Waals surface area contributed by atoms with E-state index in [-0.39, 0.29) is 11.7 Å². The summed E-state index contributed by atoms with van der Waals surface area (Å²) >= 11 is 1.58. The Morgan fingerprint density at radius 3 is 2.96 bits per heavy atom. The van der Waals surface area contributed by atoms with Crippen molar-refractivity contribution in [2.24, 2.45) is 5.73 Å². The Balaban J connectivity index is 1.75. The van der Waals surface area contributed by atoms with Gasteiger partial charge in [-0.25, -0.2) is 4.98 Å². The number of nitrogens with two attached hydrogens (primary N) is 1. The third-order valence-corrected chi connectivity index (χ3v) is 5.73. The monoisotopic (exact) mass is 369 g/mol. The number of aromatic nitrogens is 1. The van der Waals surface area contributed by atoms with Crippen molar-refractivity contribution in [2.75, 3.05) is 13.2 Å². The fraction of sp³-hybridized carbons (Fsp3) is 0.263. The van der Waals surface area contributed by atoms with Crippen molar-refractivity contribution in [1.29, 1.82) is 0 Å². The van der Waals surface area contributed by atoms with E-state index in [1.165, 1.54) is 0 Å². The van der Waals surface area contributed by atoms with E-state index < -0.39 is 6.04 Å². The molecule has 6 nitrogen and oxygen atoms in total. The summed E-state index contributed by atoms with van der Waals surface area (Å²) in [7, 11) is 0. The molecular formula is C19H19N3O3S. The SMILES string of the molecule is C[C@H](C(N)=O)N1CCOc2c(O)cc(-c3nc4ccccc4s3)cc2C1. The van der Waals surface area contributed by atoms with E-state index in [0.717, 1.165) is 26.4 Å². The van der Waals surface area contributed by atoms with Gasteiger partial charge in [0.2, 0.25) is 5.91 Å². The normalized spacial score (nSPS) is 15.9. The Hall–Kier alpha value is -2.64. The van der Waals surface area contributed by atoms with E-state index in [2.05, 4.69) is 4.98 Å². The van der Waals surface area contributed by atoms with Crippen LogP contribution in [0.1, 0.15) is 12.5 Å². The third-order valence-electron chi connectivity index (χ3n) is 4.64. The molecule has 0 spiro atoms. The number of amides is 1. The Labute approximate surface area is 154 Å². The summed E-state index contributed by atoms with van der Waals surface area (Å²) in [6.45, 7) is 3.21. The number of carbonyl (C=O) groups excluding carboxylic acids is 1. The van der Waals surface area contributed by atoms with Gasteiger partial charge in [-0.05, 0) is 31.2 Å². The van der Waals surface area contributed by atoms with Crippen LogP contribution in [0.2, 0.25) is 0 Å². The Kier molecular flexibility index (Phi) is 4.26. The minimum atomic E-state index is -0.405. The first-order chi connectivity index (χ1) is 12.5. The average molecular weight is 369 g/mol. The molecule has 1 amide bonds. The van der Waals surface area contributed by atoms with Crippen LogP contribution in [-0.4, -0.2) is 40.1 Å². The lowest BCUT2D eigenvalue weighted by atomic mass is 10.1. The molecule has 2 heterocycles. The van der Waals surface area contributed by atoms with Gasteiger partial charge in [-0.15, -0.1) is 11.3 Å². The first-order valence-corrected chi connectivity index (χ1v) is 9.22. The molecule has 0 saturated heterocycles. The van der Waals surface area contributed by atoms with E-state index in [9.17, 15) is 9.90 Å². The van der Waals surface area contributed by atoms with E-state index in [4.69, 9.17) is 10.5 Å². The predicted octanol–water partition coefficient (Wildman–Crippen LogP) is 2.74. The Bertz CT molecular complexity index is 952. The highest BCUT2D eigenvalue weighted by Crippen LogP contribution is 2.39. The third kappa shape index (κ3) is 3.00. The molecule has 0 radical (unpaired) electrons. The number of phenolic OH excluding ortho intramolecular Hbond substituents is 1. The molecule has 26 heavy (non-hydrogen) atoms. The second kappa shape index (κ2) is 6.59. The number of nitrogens with zero attached hydrogens (tertiary/aromatic N) is 2. The number of thiazole rings is 1. The van der Waals surface area contributed by atoms with Crippen LogP contribution in [0.4, 0.5) is 0 Å². The quantitative estimate of drug-likeness (QED) is 0.741. The second-order valence-corrected chi connectivity index (χ2v) is 7.40. The number of fused-ring (bicyclic) bond motifs is 2. The summed E-state index contributed by atoms with van der Waals surface area (Å²) in [5.74, 6) is 0.180. The largest absolute Gasteiger partial charge is 0.504 e. The van der Waals surface area contributed by atoms with Gasteiger partial charge >= 0.3 is 0 Å². The highest BCUT2D eigenvalue weighted by Gasteiger charge is 2.25. The molecule has 1 atom stereocenters. The van der Waals surface area contributed by atoms with Gasteiger partial charge in [0.1, 0.15) is 11.6 Å². The number of aromatic hydroxyl groups is 1. The van der Waals surface area contributed by atoms with Gasteiger partial charge in [-0.1, -0.05) is 12.1 Å². The minimum absolute atomic E-state index is 0.0883. The summed E-state index contributed by atoms with van der Waals surface area (Å²) in [5, 5.41) is 11.3. The first-order valence-electron chi connectivity index (χ1n) is 8.41. The predicted molar refractivity (Wildman–Crippen MR) is 101 cm³/mol. The highest BCUT2D eigenvalue weighted by atomic mass is 32.1. The van der Waals surface area contributed by atoms with E-state index in [1.54, 1.807) is 24.3 Å². The zero-order valence-electron chi connectivity index (χ0n) is 14.3. The molecular weight excluding hydrogens is 350 g/mol. The van der Waals surface area contributed by atoms with Crippen molar-refractivity contribution in [3.63, 3.8) is 0 Å². The van der Waals surface area contributed by atoms with Crippen LogP contribution in [0.25, 0.3) is 20.8 Å². The van der Waals surface area contributed by atoms with Crippen LogP contribution in [-0.2, 0) is 11.3 Å². The number of primary amides is 1. The zero-order valence-corrected chi connectivity index (χ0v) is 15.1. The van der Waals surface area contributed by atoms with Crippen LogP contribution in [0, 0.1) is 0 Å². The van der Waals surface area contributed by atoms with Crippen LogP contribution < -0.4 is 10.5 Å². The lowest BCUT2D eigenvalue weighted by molar-refractivity contribution is -0.122. The summed E-state index contributed by atoms with van der Waals surface area (Å²) < 4.78 is 6.82. The maximum absolute atomic E-state index is 11.6. The van der Waals surface area contributed by atoms with Gasteiger partial charge in [-0.3, -0.25) is 9.69 Å². The fourth-order valence-electron chi connectivity index (χ4n) is 3.15. The van der Waals surface area contributed by atoms with Crippen molar-refractivity contribution in [3.05, 3.63) is 42.0 Å². The standard InChI is InChI=1S/C19H19N3O3S/c1-11(18(20)24)22-6-7-25-17-13(10-22)8-12(9-15(17)23)19-21-14-4-2-3-5-16(14)26-19/h2-5,8-9,11,23H,6-7,10H2,1H3,(H2,20,24)/t11-/m1/s1. The number of para-hydroxylation sites is 1. The zero-order chi connectivity index (χ0) is 18.3. The highest BCUT2D eigenvalue weighted by molar-refractivity contribution is 7.21. The molecule has 134 valence electrons. The lowest BCUT2D eigenvalue weighted by Crippen LogP contribution is -2.43. The lowest BCUT2D eigenvalue weighted by Gasteiger charge is -2.24. The van der Waals surface area contributed by atoms with Crippen molar-refractivity contribution in [1.82, 2.24) is 9.88 Å². The number of hydrogen-bond acceptors (Lipinski definition) is 6. The van der Waals surface area contributed by atoms with E-state index in [0.29, 0.717) is 25.4 Å². The average Bonchev–Trinajstić information content (AvgIpc) is 2.94. The van der Waals surface area contributed by atoms with Crippen LogP contribution in [0.5, 0.6) is 11.5 Å². The van der Waals surface area contributed by atoms with Crippen molar-refractivity contribution in [3.8, 4) is 22.1 Å². The Morgan fingerprint density at radius 1 is 1.38 bits per heavy atom. The molecule has 0 saturated carbocycles. The Morgan fingerprint density at radius 2 is 2.19 bits per heavy atom. The molecule has 3 aromatic rings. The fourth-order valence-corrected chi connectivity index (χ4v) is 4.10. The summed E-state index contributed by atoms with van der Waals surface area (Å²) in [5.41, 5.74) is 8.04. The maximum atomic E-state index is 11.6. The number of phenols is 1. The van der Waals surface area contributed by atoms with Gasteiger partial charge in [0.05, 0.1) is 16.3 Å². The van der Waals surface area contributed by atoms with E-state index in [1.807, 2.05) is 35.2 Å². The van der Waals surface area contributed by atoms with Crippen LogP contribution >= 0.6 is 11.3 Å².